The van der Waals surface area contributed by atoms with Gasteiger partial charge in [-0.2, -0.15) is 0 Å². The fourth-order valence-corrected chi connectivity index (χ4v) is 3.45. The molecule has 1 saturated heterocycles. The molecular weight excluding hydrogens is 276 g/mol. The number of ether oxygens (including phenoxy) is 1. The Bertz CT molecular complexity index is 512. The molecule has 0 spiro atoms. The van der Waals surface area contributed by atoms with E-state index >= 15 is 0 Å². The van der Waals surface area contributed by atoms with Crippen molar-refractivity contribution in [3.05, 3.63) is 35.4 Å². The predicted octanol–water partition coefficient (Wildman–Crippen LogP) is 1.98. The van der Waals surface area contributed by atoms with Gasteiger partial charge in [0, 0.05) is 32.3 Å². The van der Waals surface area contributed by atoms with Crippen LogP contribution in [-0.4, -0.2) is 43.2 Å². The van der Waals surface area contributed by atoms with Crippen LogP contribution in [0.5, 0.6) is 0 Å². The number of nitrogens with one attached hydrogen (secondary N) is 1. The van der Waals surface area contributed by atoms with Gasteiger partial charge < -0.3 is 15.0 Å². The van der Waals surface area contributed by atoms with Crippen LogP contribution in [0.2, 0.25) is 0 Å². The molecule has 0 bridgehead atoms. The first-order valence-corrected chi connectivity index (χ1v) is 8.39. The summed E-state index contributed by atoms with van der Waals surface area (Å²) in [5.41, 5.74) is 2.68. The standard InChI is InChI=1S/C18H26N2O2/c1-14(15-7-10-22-11-8-15)19-12-18(21)20-9-6-16-4-2-3-5-17(16)13-20/h2-5,14-15,19H,6-13H2,1H3/t14-/m0/s1. The fraction of sp³-hybridized carbons (Fsp3) is 0.611. The van der Waals surface area contributed by atoms with Crippen LogP contribution in [0, 0.1) is 5.92 Å². The second-order valence-electron chi connectivity index (χ2n) is 6.45. The molecule has 2 heterocycles. The molecule has 120 valence electrons. The van der Waals surface area contributed by atoms with E-state index in [2.05, 4.69) is 36.5 Å². The maximum atomic E-state index is 12.4. The van der Waals surface area contributed by atoms with Gasteiger partial charge in [-0.15, -0.1) is 0 Å². The molecule has 1 N–H and O–H groups in total. The summed E-state index contributed by atoms with van der Waals surface area (Å²) in [5.74, 6) is 0.844. The van der Waals surface area contributed by atoms with E-state index in [1.54, 1.807) is 0 Å². The minimum absolute atomic E-state index is 0.216. The molecule has 4 nitrogen and oxygen atoms in total. The van der Waals surface area contributed by atoms with Gasteiger partial charge in [0.2, 0.25) is 5.91 Å². The van der Waals surface area contributed by atoms with E-state index < -0.39 is 0 Å². The molecular formula is C18H26N2O2. The van der Waals surface area contributed by atoms with Crippen LogP contribution in [0.25, 0.3) is 0 Å². The second-order valence-corrected chi connectivity index (χ2v) is 6.45. The minimum Gasteiger partial charge on any atom is -0.381 e. The van der Waals surface area contributed by atoms with Crippen LogP contribution in [-0.2, 0) is 22.5 Å². The average molecular weight is 302 g/mol. The van der Waals surface area contributed by atoms with Gasteiger partial charge in [-0.25, -0.2) is 0 Å². The molecule has 2 aliphatic rings. The van der Waals surface area contributed by atoms with Crippen LogP contribution < -0.4 is 5.32 Å². The van der Waals surface area contributed by atoms with Crippen molar-refractivity contribution < 1.29 is 9.53 Å². The van der Waals surface area contributed by atoms with Gasteiger partial charge in [0.25, 0.3) is 0 Å². The van der Waals surface area contributed by atoms with Crippen LogP contribution >= 0.6 is 0 Å². The largest absolute Gasteiger partial charge is 0.381 e. The lowest BCUT2D eigenvalue weighted by Crippen LogP contribution is -2.45. The SMILES string of the molecule is C[C@H](NCC(=O)N1CCc2ccccc2C1)C1CCOCC1. The summed E-state index contributed by atoms with van der Waals surface area (Å²) in [7, 11) is 0. The van der Waals surface area contributed by atoms with E-state index in [0.29, 0.717) is 18.5 Å². The van der Waals surface area contributed by atoms with Gasteiger partial charge in [0.15, 0.2) is 0 Å². The number of amides is 1. The highest BCUT2D eigenvalue weighted by Gasteiger charge is 2.23. The van der Waals surface area contributed by atoms with Gasteiger partial charge in [0.1, 0.15) is 0 Å². The van der Waals surface area contributed by atoms with E-state index in [4.69, 9.17) is 4.74 Å². The summed E-state index contributed by atoms with van der Waals surface area (Å²) in [6, 6.07) is 8.81. The van der Waals surface area contributed by atoms with Crippen molar-refractivity contribution in [3.8, 4) is 0 Å². The zero-order chi connectivity index (χ0) is 15.4. The second kappa shape index (κ2) is 7.25. The lowest BCUT2D eigenvalue weighted by molar-refractivity contribution is -0.131. The van der Waals surface area contributed by atoms with E-state index in [1.165, 1.54) is 11.1 Å². The number of nitrogens with zero attached hydrogens (tertiary/aromatic N) is 1. The van der Waals surface area contributed by atoms with Crippen LogP contribution in [0.3, 0.4) is 0 Å². The van der Waals surface area contributed by atoms with Crippen molar-refractivity contribution in [1.29, 1.82) is 0 Å². The summed E-state index contributed by atoms with van der Waals surface area (Å²) < 4.78 is 5.40. The predicted molar refractivity (Wildman–Crippen MR) is 86.6 cm³/mol. The van der Waals surface area contributed by atoms with Crippen molar-refractivity contribution in [3.63, 3.8) is 0 Å². The maximum absolute atomic E-state index is 12.4. The first kappa shape index (κ1) is 15.5. The third kappa shape index (κ3) is 3.68. The molecule has 1 aromatic carbocycles. The summed E-state index contributed by atoms with van der Waals surface area (Å²) in [5, 5.41) is 3.43. The van der Waals surface area contributed by atoms with Crippen molar-refractivity contribution in [2.75, 3.05) is 26.3 Å². The molecule has 2 aliphatic heterocycles. The summed E-state index contributed by atoms with van der Waals surface area (Å²) in [6.45, 7) is 5.93. The Labute approximate surface area is 132 Å². The molecule has 3 rings (SSSR count). The van der Waals surface area contributed by atoms with E-state index in [0.717, 1.165) is 45.6 Å². The normalized spacial score (nSPS) is 20.5. The monoisotopic (exact) mass is 302 g/mol. The van der Waals surface area contributed by atoms with E-state index in [9.17, 15) is 4.79 Å². The average Bonchev–Trinajstić information content (AvgIpc) is 2.59. The van der Waals surface area contributed by atoms with Gasteiger partial charge in [-0.3, -0.25) is 4.79 Å². The lowest BCUT2D eigenvalue weighted by Gasteiger charge is -2.31. The quantitative estimate of drug-likeness (QED) is 0.924. The highest BCUT2D eigenvalue weighted by atomic mass is 16.5. The van der Waals surface area contributed by atoms with E-state index in [1.807, 2.05) is 4.90 Å². The molecule has 1 fully saturated rings. The third-order valence-corrected chi connectivity index (χ3v) is 5.03. The van der Waals surface area contributed by atoms with Crippen molar-refractivity contribution >= 4 is 5.91 Å². The highest BCUT2D eigenvalue weighted by Crippen LogP contribution is 2.20. The zero-order valence-electron chi connectivity index (χ0n) is 13.4. The molecule has 0 unspecified atom stereocenters. The highest BCUT2D eigenvalue weighted by molar-refractivity contribution is 5.78. The Morgan fingerprint density at radius 2 is 2.05 bits per heavy atom. The summed E-state index contributed by atoms with van der Waals surface area (Å²) >= 11 is 0. The zero-order valence-corrected chi connectivity index (χ0v) is 13.4. The van der Waals surface area contributed by atoms with Gasteiger partial charge in [-0.05, 0) is 43.2 Å². The molecule has 0 radical (unpaired) electrons. The molecule has 22 heavy (non-hydrogen) atoms. The number of rotatable bonds is 4. The van der Waals surface area contributed by atoms with Gasteiger partial charge >= 0.3 is 0 Å². The molecule has 0 aromatic heterocycles. The Kier molecular flexibility index (Phi) is 5.11. The number of hydrogen-bond donors (Lipinski definition) is 1. The minimum atomic E-state index is 0.216. The molecule has 0 aliphatic carbocycles. The molecule has 0 saturated carbocycles. The van der Waals surface area contributed by atoms with Gasteiger partial charge in [0.05, 0.1) is 6.54 Å². The van der Waals surface area contributed by atoms with Crippen LogP contribution in [0.4, 0.5) is 0 Å². The summed E-state index contributed by atoms with van der Waals surface area (Å²) in [4.78, 5) is 14.4. The third-order valence-electron chi connectivity index (χ3n) is 5.03. The molecule has 1 atom stereocenters. The number of fused-ring (bicyclic) bond motifs is 1. The van der Waals surface area contributed by atoms with Crippen molar-refractivity contribution in [1.82, 2.24) is 10.2 Å². The number of carbonyl (C=O) groups is 1. The first-order chi connectivity index (χ1) is 10.7. The summed E-state index contributed by atoms with van der Waals surface area (Å²) in [6.07, 6.45) is 3.16. The lowest BCUT2D eigenvalue weighted by atomic mass is 9.93. The number of carbonyl (C=O) groups excluding carboxylic acids is 1. The Balaban J connectivity index is 1.48. The van der Waals surface area contributed by atoms with Crippen LogP contribution in [0.1, 0.15) is 30.9 Å². The van der Waals surface area contributed by atoms with Crippen molar-refractivity contribution in [2.45, 2.75) is 38.8 Å². The first-order valence-electron chi connectivity index (χ1n) is 8.39. The smallest absolute Gasteiger partial charge is 0.236 e. The topological polar surface area (TPSA) is 41.6 Å². The maximum Gasteiger partial charge on any atom is 0.236 e. The molecule has 1 amide bonds. The molecule has 1 aromatic rings. The number of benzene rings is 1. The fourth-order valence-electron chi connectivity index (χ4n) is 3.45. The number of hydrogen-bond acceptors (Lipinski definition) is 3. The Morgan fingerprint density at radius 1 is 1.32 bits per heavy atom. The Hall–Kier alpha value is -1.39. The van der Waals surface area contributed by atoms with E-state index in [-0.39, 0.29) is 5.91 Å². The van der Waals surface area contributed by atoms with Crippen molar-refractivity contribution in [2.24, 2.45) is 5.92 Å². The van der Waals surface area contributed by atoms with Gasteiger partial charge in [-0.1, -0.05) is 24.3 Å². The van der Waals surface area contributed by atoms with Crippen LogP contribution in [0.15, 0.2) is 24.3 Å². The molecule has 4 heteroatoms. The Morgan fingerprint density at radius 3 is 2.82 bits per heavy atom.